The summed E-state index contributed by atoms with van der Waals surface area (Å²) in [7, 11) is 0.296. The minimum Gasteiger partial charge on any atom is -0.497 e. The summed E-state index contributed by atoms with van der Waals surface area (Å²) < 4.78 is 38.9. The summed E-state index contributed by atoms with van der Waals surface area (Å²) in [5, 5.41) is 2.85. The van der Waals surface area contributed by atoms with Crippen LogP contribution in [0.2, 0.25) is 5.02 Å². The second-order valence-electron chi connectivity index (χ2n) is 8.33. The molecule has 38 heavy (non-hydrogen) atoms. The third kappa shape index (κ3) is 6.76. The van der Waals surface area contributed by atoms with E-state index in [1.807, 2.05) is 0 Å². The van der Waals surface area contributed by atoms with Crippen LogP contribution in [0.1, 0.15) is 12.5 Å². The number of sulfonamides is 1. The number of rotatable bonds is 11. The highest BCUT2D eigenvalue weighted by Gasteiger charge is 2.32. The molecule has 2 amide bonds. The fourth-order valence-corrected chi connectivity index (χ4v) is 5.34. The average molecular weight is 560 g/mol. The van der Waals surface area contributed by atoms with Crippen molar-refractivity contribution in [3.8, 4) is 11.5 Å². The van der Waals surface area contributed by atoms with E-state index in [1.54, 1.807) is 56.5 Å². The van der Waals surface area contributed by atoms with Gasteiger partial charge in [0, 0.05) is 18.6 Å². The van der Waals surface area contributed by atoms with Crippen LogP contribution in [0, 0.1) is 0 Å². The van der Waals surface area contributed by atoms with E-state index in [0.717, 1.165) is 9.87 Å². The Balaban J connectivity index is 2.02. The normalized spacial score (nSPS) is 11.8. The number of ether oxygens (including phenoxy) is 2. The number of benzene rings is 3. The van der Waals surface area contributed by atoms with Gasteiger partial charge in [-0.15, -0.1) is 0 Å². The summed E-state index contributed by atoms with van der Waals surface area (Å²) in [4.78, 5) is 27.6. The Morgan fingerprint density at radius 3 is 2.05 bits per heavy atom. The molecule has 3 aromatic carbocycles. The maximum Gasteiger partial charge on any atom is 0.264 e. The Kier molecular flexibility index (Phi) is 9.60. The van der Waals surface area contributed by atoms with Crippen LogP contribution >= 0.6 is 11.6 Å². The van der Waals surface area contributed by atoms with Crippen LogP contribution in [-0.4, -0.2) is 59.0 Å². The summed E-state index contributed by atoms with van der Waals surface area (Å²) in [6.45, 7) is 1.09. The van der Waals surface area contributed by atoms with E-state index in [2.05, 4.69) is 5.32 Å². The van der Waals surface area contributed by atoms with Gasteiger partial charge >= 0.3 is 0 Å². The van der Waals surface area contributed by atoms with Gasteiger partial charge in [-0.25, -0.2) is 8.42 Å². The standard InChI is InChI=1S/C27H30ClN3O6S/c1-19(27(33)29-2)30(17-20-8-10-23(36-3)11-9-20)26(32)18-31(22-7-5-6-21(28)16-22)38(34,35)25-14-12-24(37-4)13-15-25/h5-16,19H,17-18H2,1-4H3,(H,29,33)/t19-/m0/s1. The SMILES string of the molecule is CNC(=O)[C@H](C)N(Cc1ccc(OC)cc1)C(=O)CN(c1cccc(Cl)c1)S(=O)(=O)c1ccc(OC)cc1. The molecule has 0 heterocycles. The van der Waals surface area contributed by atoms with E-state index >= 15 is 0 Å². The maximum atomic E-state index is 13.8. The van der Waals surface area contributed by atoms with Gasteiger partial charge in [0.25, 0.3) is 10.0 Å². The number of nitrogens with one attached hydrogen (secondary N) is 1. The summed E-state index contributed by atoms with van der Waals surface area (Å²) in [6.07, 6.45) is 0. The number of carbonyl (C=O) groups excluding carboxylic acids is 2. The van der Waals surface area contributed by atoms with Crippen molar-refractivity contribution in [1.82, 2.24) is 10.2 Å². The zero-order valence-electron chi connectivity index (χ0n) is 21.5. The number of hydrogen-bond acceptors (Lipinski definition) is 6. The fourth-order valence-electron chi connectivity index (χ4n) is 3.75. The number of halogens is 1. The molecule has 0 spiro atoms. The van der Waals surface area contributed by atoms with Gasteiger partial charge in [-0.2, -0.15) is 0 Å². The maximum absolute atomic E-state index is 13.8. The second-order valence-corrected chi connectivity index (χ2v) is 10.6. The molecular weight excluding hydrogens is 530 g/mol. The van der Waals surface area contributed by atoms with Gasteiger partial charge in [0.15, 0.2) is 0 Å². The molecule has 3 aromatic rings. The molecule has 0 aliphatic heterocycles. The molecule has 0 saturated carbocycles. The molecule has 1 atom stereocenters. The van der Waals surface area contributed by atoms with E-state index in [1.165, 1.54) is 49.4 Å². The molecule has 0 aromatic heterocycles. The summed E-state index contributed by atoms with van der Waals surface area (Å²) in [6, 6.07) is 18.2. The van der Waals surface area contributed by atoms with Crippen LogP contribution in [0.15, 0.2) is 77.7 Å². The molecule has 9 nitrogen and oxygen atoms in total. The largest absolute Gasteiger partial charge is 0.497 e. The quantitative estimate of drug-likeness (QED) is 0.384. The zero-order valence-corrected chi connectivity index (χ0v) is 23.1. The van der Waals surface area contributed by atoms with Crippen LogP contribution in [0.25, 0.3) is 0 Å². The third-order valence-electron chi connectivity index (χ3n) is 5.95. The third-order valence-corrected chi connectivity index (χ3v) is 7.97. The number of carbonyl (C=O) groups is 2. The van der Waals surface area contributed by atoms with Gasteiger partial charge in [-0.1, -0.05) is 29.8 Å². The van der Waals surface area contributed by atoms with Crippen LogP contribution in [-0.2, 0) is 26.2 Å². The summed E-state index contributed by atoms with van der Waals surface area (Å²) >= 11 is 6.17. The first-order valence-electron chi connectivity index (χ1n) is 11.7. The smallest absolute Gasteiger partial charge is 0.264 e. The first-order chi connectivity index (χ1) is 18.1. The van der Waals surface area contributed by atoms with E-state index < -0.39 is 28.5 Å². The molecule has 202 valence electrons. The zero-order chi connectivity index (χ0) is 27.9. The van der Waals surface area contributed by atoms with Crippen molar-refractivity contribution in [2.45, 2.75) is 24.4 Å². The monoisotopic (exact) mass is 559 g/mol. The number of nitrogens with zero attached hydrogens (tertiary/aromatic N) is 2. The van der Waals surface area contributed by atoms with Crippen molar-refractivity contribution in [3.63, 3.8) is 0 Å². The number of methoxy groups -OCH3 is 2. The van der Waals surface area contributed by atoms with Gasteiger partial charge in [-0.3, -0.25) is 13.9 Å². The minimum absolute atomic E-state index is 0.0351. The van der Waals surface area contributed by atoms with Crippen LogP contribution in [0.5, 0.6) is 11.5 Å². The van der Waals surface area contributed by atoms with Crippen molar-refractivity contribution in [2.24, 2.45) is 0 Å². The topological polar surface area (TPSA) is 105 Å². The lowest BCUT2D eigenvalue weighted by molar-refractivity contribution is -0.139. The second kappa shape index (κ2) is 12.7. The molecular formula is C27H30ClN3O6S. The lowest BCUT2D eigenvalue weighted by atomic mass is 10.1. The highest BCUT2D eigenvalue weighted by Crippen LogP contribution is 2.28. The van der Waals surface area contributed by atoms with Crippen LogP contribution in [0.3, 0.4) is 0 Å². The summed E-state index contributed by atoms with van der Waals surface area (Å²) in [5.74, 6) is 0.163. The minimum atomic E-state index is -4.20. The van der Waals surface area contributed by atoms with Crippen molar-refractivity contribution in [1.29, 1.82) is 0 Å². The first-order valence-corrected chi connectivity index (χ1v) is 13.5. The molecule has 0 unspecified atom stereocenters. The van der Waals surface area contributed by atoms with Gasteiger partial charge in [0.2, 0.25) is 11.8 Å². The molecule has 0 bridgehead atoms. The lowest BCUT2D eigenvalue weighted by Crippen LogP contribution is -2.50. The van der Waals surface area contributed by atoms with E-state index in [9.17, 15) is 18.0 Å². The molecule has 11 heteroatoms. The van der Waals surface area contributed by atoms with Gasteiger partial charge in [0.05, 0.1) is 24.8 Å². The Bertz CT molecular complexity index is 1360. The van der Waals surface area contributed by atoms with Crippen LogP contribution < -0.4 is 19.1 Å². The molecule has 0 radical (unpaired) electrons. The van der Waals surface area contributed by atoms with E-state index in [0.29, 0.717) is 16.5 Å². The molecule has 0 aliphatic rings. The molecule has 0 fully saturated rings. The molecule has 1 N–H and O–H groups in total. The first kappa shape index (κ1) is 28.8. The Hall–Kier alpha value is -3.76. The van der Waals surface area contributed by atoms with Gasteiger partial charge in [-0.05, 0) is 67.1 Å². The molecule has 0 saturated heterocycles. The van der Waals surface area contributed by atoms with E-state index in [-0.39, 0.29) is 23.0 Å². The fraction of sp³-hybridized carbons (Fsp3) is 0.259. The van der Waals surface area contributed by atoms with Crippen molar-refractivity contribution in [2.75, 3.05) is 32.1 Å². The number of likely N-dealkylation sites (N-methyl/N-ethyl adjacent to an activating group) is 1. The highest BCUT2D eigenvalue weighted by atomic mass is 35.5. The van der Waals surface area contributed by atoms with Gasteiger partial charge in [0.1, 0.15) is 24.1 Å². The Morgan fingerprint density at radius 1 is 0.947 bits per heavy atom. The molecule has 3 rings (SSSR count). The number of hydrogen-bond donors (Lipinski definition) is 1. The van der Waals surface area contributed by atoms with Crippen LogP contribution in [0.4, 0.5) is 5.69 Å². The Labute approximate surface area is 228 Å². The van der Waals surface area contributed by atoms with Crippen molar-refractivity contribution in [3.05, 3.63) is 83.4 Å². The van der Waals surface area contributed by atoms with Crippen molar-refractivity contribution >= 4 is 39.1 Å². The van der Waals surface area contributed by atoms with Crippen molar-refractivity contribution < 1.29 is 27.5 Å². The summed E-state index contributed by atoms with van der Waals surface area (Å²) in [5.41, 5.74) is 0.945. The number of anilines is 1. The molecule has 0 aliphatic carbocycles. The predicted molar refractivity (Wildman–Crippen MR) is 146 cm³/mol. The number of amides is 2. The van der Waals surface area contributed by atoms with E-state index in [4.69, 9.17) is 21.1 Å². The van der Waals surface area contributed by atoms with Gasteiger partial charge < -0.3 is 19.7 Å². The Morgan fingerprint density at radius 2 is 1.53 bits per heavy atom. The highest BCUT2D eigenvalue weighted by molar-refractivity contribution is 7.92. The predicted octanol–water partition coefficient (Wildman–Crippen LogP) is 3.72. The lowest BCUT2D eigenvalue weighted by Gasteiger charge is -2.31. The average Bonchev–Trinajstić information content (AvgIpc) is 2.93.